The van der Waals surface area contributed by atoms with Gasteiger partial charge in [-0.25, -0.2) is 14.4 Å². The molecule has 1 N–H and O–H groups in total. The van der Waals surface area contributed by atoms with E-state index in [2.05, 4.69) is 15.3 Å². The highest BCUT2D eigenvalue weighted by Gasteiger charge is 2.32. The van der Waals surface area contributed by atoms with Crippen molar-refractivity contribution in [3.05, 3.63) is 53.4 Å². The molecule has 1 unspecified atom stereocenters. The molecule has 4 rings (SSSR count). The summed E-state index contributed by atoms with van der Waals surface area (Å²) in [6, 6.07) is 5.88. The summed E-state index contributed by atoms with van der Waals surface area (Å²) >= 11 is 0. The Morgan fingerprint density at radius 1 is 1.09 bits per heavy atom. The van der Waals surface area contributed by atoms with Crippen LogP contribution in [-0.2, 0) is 4.79 Å². The molecule has 32 heavy (non-hydrogen) atoms. The van der Waals surface area contributed by atoms with E-state index < -0.39 is 11.7 Å². The first-order valence-electron chi connectivity index (χ1n) is 11.7. The van der Waals surface area contributed by atoms with Crippen LogP contribution in [0, 0.1) is 18.7 Å². The van der Waals surface area contributed by atoms with E-state index in [1.54, 1.807) is 19.1 Å². The number of rotatable bonds is 5. The number of anilines is 1. The maximum absolute atomic E-state index is 13.9. The number of aryl methyl sites for hydroxylation is 1. The number of nitrogens with zero attached hydrogens (tertiary/aromatic N) is 3. The van der Waals surface area contributed by atoms with Crippen molar-refractivity contribution < 1.29 is 14.0 Å². The maximum atomic E-state index is 13.9. The van der Waals surface area contributed by atoms with Crippen molar-refractivity contribution >= 4 is 17.5 Å². The number of benzene rings is 1. The largest absolute Gasteiger partial charge is 0.332 e. The maximum Gasteiger partial charge on any atom is 0.259 e. The van der Waals surface area contributed by atoms with Gasteiger partial charge in [0.2, 0.25) is 5.91 Å². The Balaban J connectivity index is 1.48. The first-order chi connectivity index (χ1) is 15.5. The number of aromatic nitrogens is 2. The Morgan fingerprint density at radius 2 is 1.84 bits per heavy atom. The van der Waals surface area contributed by atoms with Gasteiger partial charge in [-0.1, -0.05) is 31.4 Å². The zero-order valence-corrected chi connectivity index (χ0v) is 18.6. The van der Waals surface area contributed by atoms with E-state index >= 15 is 0 Å². The minimum Gasteiger partial charge on any atom is -0.332 e. The topological polar surface area (TPSA) is 75.2 Å². The molecule has 1 aromatic heterocycles. The van der Waals surface area contributed by atoms with Crippen molar-refractivity contribution in [1.29, 1.82) is 0 Å². The number of likely N-dealkylation sites (tertiary alicyclic amines) is 1. The summed E-state index contributed by atoms with van der Waals surface area (Å²) in [4.78, 5) is 36.8. The summed E-state index contributed by atoms with van der Waals surface area (Å²) < 4.78 is 13.9. The zero-order valence-electron chi connectivity index (χ0n) is 18.6. The molecule has 0 radical (unpaired) electrons. The number of hydrogen-bond acceptors (Lipinski definition) is 4. The lowest BCUT2D eigenvalue weighted by atomic mass is 9.86. The van der Waals surface area contributed by atoms with Crippen LogP contribution >= 0.6 is 0 Å². The summed E-state index contributed by atoms with van der Waals surface area (Å²) in [7, 11) is 0. The van der Waals surface area contributed by atoms with E-state index in [0.717, 1.165) is 38.6 Å². The van der Waals surface area contributed by atoms with Crippen molar-refractivity contribution in [3.63, 3.8) is 0 Å². The Labute approximate surface area is 188 Å². The number of amides is 2. The fourth-order valence-corrected chi connectivity index (χ4v) is 4.87. The van der Waals surface area contributed by atoms with Gasteiger partial charge in [-0.3, -0.25) is 9.59 Å². The first kappa shape index (κ1) is 22.4. The molecule has 2 aromatic rings. The molecule has 1 aromatic carbocycles. The van der Waals surface area contributed by atoms with Crippen LogP contribution in [-0.4, -0.2) is 33.2 Å². The van der Waals surface area contributed by atoms with Crippen molar-refractivity contribution in [1.82, 2.24) is 14.9 Å². The van der Waals surface area contributed by atoms with Gasteiger partial charge in [0, 0.05) is 19.2 Å². The minimum atomic E-state index is -0.495. The molecule has 2 amide bonds. The van der Waals surface area contributed by atoms with E-state index in [9.17, 15) is 14.0 Å². The molecule has 2 heterocycles. The second-order valence-electron chi connectivity index (χ2n) is 8.97. The minimum absolute atomic E-state index is 0.118. The standard InChI is InChI=1S/C25H31FN4O2/c1-17-19(25(32)29-21-12-6-5-11-20(21)26)16-27-24(28-17)22-13-7-8-14-30(22)23(31)15-18-9-3-2-4-10-18/h5-6,11-12,16,18,22H,2-4,7-10,13-15H2,1H3,(H,29,32). The highest BCUT2D eigenvalue weighted by atomic mass is 19.1. The molecular weight excluding hydrogens is 407 g/mol. The normalized spacial score (nSPS) is 19.6. The van der Waals surface area contributed by atoms with Crippen LogP contribution in [0.1, 0.15) is 85.7 Å². The molecule has 1 saturated heterocycles. The smallest absolute Gasteiger partial charge is 0.259 e. The van der Waals surface area contributed by atoms with Crippen molar-refractivity contribution in [3.8, 4) is 0 Å². The molecule has 1 aliphatic heterocycles. The SMILES string of the molecule is Cc1nc(C2CCCCN2C(=O)CC2CCCCC2)ncc1C(=O)Nc1ccccc1F. The predicted octanol–water partition coefficient (Wildman–Crippen LogP) is 5.20. The van der Waals surface area contributed by atoms with Crippen molar-refractivity contribution in [2.45, 2.75) is 70.8 Å². The lowest BCUT2D eigenvalue weighted by Crippen LogP contribution is -2.40. The van der Waals surface area contributed by atoms with E-state index in [0.29, 0.717) is 29.4 Å². The molecule has 1 aliphatic carbocycles. The zero-order chi connectivity index (χ0) is 22.5. The molecule has 0 spiro atoms. The monoisotopic (exact) mass is 438 g/mol. The molecule has 2 aliphatic rings. The second kappa shape index (κ2) is 10.2. The first-order valence-corrected chi connectivity index (χ1v) is 11.7. The summed E-state index contributed by atoms with van der Waals surface area (Å²) in [5, 5.41) is 2.58. The van der Waals surface area contributed by atoms with Gasteiger partial charge in [0.25, 0.3) is 5.91 Å². The summed E-state index contributed by atoms with van der Waals surface area (Å²) in [5.41, 5.74) is 0.940. The lowest BCUT2D eigenvalue weighted by molar-refractivity contribution is -0.136. The molecule has 2 fully saturated rings. The molecular formula is C25H31FN4O2. The highest BCUT2D eigenvalue weighted by molar-refractivity contribution is 6.04. The van der Waals surface area contributed by atoms with Crippen molar-refractivity contribution in [2.75, 3.05) is 11.9 Å². The average Bonchev–Trinajstić information content (AvgIpc) is 2.81. The Kier molecular flexibility index (Phi) is 7.12. The van der Waals surface area contributed by atoms with Crippen LogP contribution in [0.2, 0.25) is 0 Å². The van der Waals surface area contributed by atoms with Crippen LogP contribution in [0.4, 0.5) is 10.1 Å². The van der Waals surface area contributed by atoms with Gasteiger partial charge >= 0.3 is 0 Å². The molecule has 0 bridgehead atoms. The van der Waals surface area contributed by atoms with Gasteiger partial charge in [0.15, 0.2) is 5.82 Å². The summed E-state index contributed by atoms with van der Waals surface area (Å²) in [6.45, 7) is 2.48. The Hall–Kier alpha value is -2.83. The third kappa shape index (κ3) is 5.14. The summed E-state index contributed by atoms with van der Waals surface area (Å²) in [5.74, 6) is 0.329. The van der Waals surface area contributed by atoms with E-state index in [1.165, 1.54) is 37.6 Å². The fourth-order valence-electron chi connectivity index (χ4n) is 4.87. The average molecular weight is 439 g/mol. The number of hydrogen-bond donors (Lipinski definition) is 1. The van der Waals surface area contributed by atoms with E-state index in [-0.39, 0.29) is 17.6 Å². The number of para-hydroxylation sites is 1. The molecule has 170 valence electrons. The quantitative estimate of drug-likeness (QED) is 0.696. The molecule has 7 heteroatoms. The van der Waals surface area contributed by atoms with Crippen LogP contribution < -0.4 is 5.32 Å². The summed E-state index contributed by atoms with van der Waals surface area (Å²) in [6.07, 6.45) is 11.0. The van der Waals surface area contributed by atoms with Crippen LogP contribution in [0.3, 0.4) is 0 Å². The predicted molar refractivity (Wildman–Crippen MR) is 121 cm³/mol. The number of halogens is 1. The van der Waals surface area contributed by atoms with Gasteiger partial charge in [-0.2, -0.15) is 0 Å². The van der Waals surface area contributed by atoms with Gasteiger partial charge in [-0.15, -0.1) is 0 Å². The number of carbonyl (C=O) groups excluding carboxylic acids is 2. The van der Waals surface area contributed by atoms with Crippen LogP contribution in [0.25, 0.3) is 0 Å². The van der Waals surface area contributed by atoms with Gasteiger partial charge in [-0.05, 0) is 57.1 Å². The van der Waals surface area contributed by atoms with E-state index in [1.807, 2.05) is 4.90 Å². The van der Waals surface area contributed by atoms with E-state index in [4.69, 9.17) is 0 Å². The van der Waals surface area contributed by atoms with Crippen LogP contribution in [0.15, 0.2) is 30.5 Å². The van der Waals surface area contributed by atoms with Gasteiger partial charge in [0.1, 0.15) is 5.82 Å². The van der Waals surface area contributed by atoms with Crippen LogP contribution in [0.5, 0.6) is 0 Å². The molecule has 6 nitrogen and oxygen atoms in total. The third-order valence-corrected chi connectivity index (χ3v) is 6.67. The number of piperidine rings is 1. The lowest BCUT2D eigenvalue weighted by Gasteiger charge is -2.36. The number of nitrogens with one attached hydrogen (secondary N) is 1. The fraction of sp³-hybridized carbons (Fsp3) is 0.520. The Morgan fingerprint density at radius 3 is 2.59 bits per heavy atom. The molecule has 1 atom stereocenters. The third-order valence-electron chi connectivity index (χ3n) is 6.67. The van der Waals surface area contributed by atoms with Gasteiger partial charge < -0.3 is 10.2 Å². The number of carbonyl (C=O) groups is 2. The second-order valence-corrected chi connectivity index (χ2v) is 8.97. The van der Waals surface area contributed by atoms with Crippen molar-refractivity contribution in [2.24, 2.45) is 5.92 Å². The highest BCUT2D eigenvalue weighted by Crippen LogP contribution is 2.33. The van der Waals surface area contributed by atoms with Gasteiger partial charge in [0.05, 0.1) is 23.0 Å². The molecule has 1 saturated carbocycles. The Bertz CT molecular complexity index is 974.